The molecule has 2 aromatic rings. The Kier molecular flexibility index (Phi) is 4.22. The van der Waals surface area contributed by atoms with Crippen LogP contribution < -0.4 is 0 Å². The molecule has 22 heavy (non-hydrogen) atoms. The Morgan fingerprint density at radius 3 is 1.82 bits per heavy atom. The molecule has 1 heterocycles. The molecule has 1 aliphatic heterocycles. The first-order valence-electron chi connectivity index (χ1n) is 7.43. The van der Waals surface area contributed by atoms with E-state index in [1.165, 1.54) is 0 Å². The topological polar surface area (TPSA) is 49.8 Å². The summed E-state index contributed by atoms with van der Waals surface area (Å²) in [6.45, 7) is 2.01. The number of nitrogens with zero attached hydrogens (tertiary/aromatic N) is 1. The predicted molar refractivity (Wildman–Crippen MR) is 83.3 cm³/mol. The molecule has 4 heteroatoms. The summed E-state index contributed by atoms with van der Waals surface area (Å²) in [5.41, 5.74) is -0.504. The Hall–Kier alpha value is -2.17. The van der Waals surface area contributed by atoms with Crippen molar-refractivity contribution in [2.75, 3.05) is 26.3 Å². The van der Waals surface area contributed by atoms with Gasteiger partial charge in [0.1, 0.15) is 0 Å². The summed E-state index contributed by atoms with van der Waals surface area (Å²) in [4.78, 5) is 14.7. The van der Waals surface area contributed by atoms with E-state index in [0.29, 0.717) is 37.4 Å². The molecule has 0 bridgehead atoms. The quantitative estimate of drug-likeness (QED) is 0.939. The van der Waals surface area contributed by atoms with Gasteiger partial charge in [-0.25, -0.2) is 0 Å². The van der Waals surface area contributed by atoms with Gasteiger partial charge in [-0.05, 0) is 11.1 Å². The molecule has 2 aromatic carbocycles. The van der Waals surface area contributed by atoms with Gasteiger partial charge in [0, 0.05) is 13.1 Å². The molecule has 0 radical (unpaired) electrons. The van der Waals surface area contributed by atoms with Crippen molar-refractivity contribution in [1.29, 1.82) is 0 Å². The summed E-state index contributed by atoms with van der Waals surface area (Å²) in [5, 5.41) is 11.3. The standard InChI is InChI=1S/C18H19NO3/c20-17(19-11-13-22-14-12-19)18(21,15-7-3-1-4-8-15)16-9-5-2-6-10-16/h1-10,21H,11-14H2. The first-order chi connectivity index (χ1) is 10.7. The van der Waals surface area contributed by atoms with E-state index in [9.17, 15) is 9.90 Å². The van der Waals surface area contributed by atoms with Crippen molar-refractivity contribution in [2.45, 2.75) is 5.60 Å². The van der Waals surface area contributed by atoms with Crippen molar-refractivity contribution >= 4 is 5.91 Å². The first kappa shape index (κ1) is 14.8. The first-order valence-corrected chi connectivity index (χ1v) is 7.43. The maximum atomic E-state index is 13.0. The Balaban J connectivity index is 2.05. The molecular formula is C18H19NO3. The molecule has 0 saturated carbocycles. The lowest BCUT2D eigenvalue weighted by molar-refractivity contribution is -0.152. The lowest BCUT2D eigenvalue weighted by Gasteiger charge is -2.36. The molecule has 0 atom stereocenters. The van der Waals surface area contributed by atoms with Crippen LogP contribution in [0.1, 0.15) is 11.1 Å². The number of carbonyl (C=O) groups excluding carboxylic acids is 1. The average molecular weight is 297 g/mol. The molecular weight excluding hydrogens is 278 g/mol. The van der Waals surface area contributed by atoms with Gasteiger partial charge in [0.05, 0.1) is 13.2 Å². The van der Waals surface area contributed by atoms with Crippen LogP contribution in [0.4, 0.5) is 0 Å². The van der Waals surface area contributed by atoms with Crippen LogP contribution in [0.15, 0.2) is 60.7 Å². The van der Waals surface area contributed by atoms with Crippen LogP contribution in [-0.2, 0) is 15.1 Å². The number of morpholine rings is 1. The minimum absolute atomic E-state index is 0.298. The maximum Gasteiger partial charge on any atom is 0.264 e. The molecule has 1 saturated heterocycles. The van der Waals surface area contributed by atoms with E-state index in [-0.39, 0.29) is 5.91 Å². The van der Waals surface area contributed by atoms with E-state index in [2.05, 4.69) is 0 Å². The summed E-state index contributed by atoms with van der Waals surface area (Å²) < 4.78 is 5.30. The van der Waals surface area contributed by atoms with E-state index >= 15 is 0 Å². The number of hydrogen-bond donors (Lipinski definition) is 1. The van der Waals surface area contributed by atoms with Crippen LogP contribution in [0.5, 0.6) is 0 Å². The van der Waals surface area contributed by atoms with Crippen molar-refractivity contribution in [2.24, 2.45) is 0 Å². The fraction of sp³-hybridized carbons (Fsp3) is 0.278. The largest absolute Gasteiger partial charge is 0.378 e. The molecule has 0 aromatic heterocycles. The second-order valence-electron chi connectivity index (χ2n) is 5.35. The van der Waals surface area contributed by atoms with Gasteiger partial charge in [-0.1, -0.05) is 60.7 Å². The van der Waals surface area contributed by atoms with Gasteiger partial charge < -0.3 is 14.7 Å². The van der Waals surface area contributed by atoms with Gasteiger partial charge in [-0.15, -0.1) is 0 Å². The van der Waals surface area contributed by atoms with Crippen molar-refractivity contribution < 1.29 is 14.6 Å². The third-order valence-electron chi connectivity index (χ3n) is 3.99. The van der Waals surface area contributed by atoms with Crippen LogP contribution in [0.2, 0.25) is 0 Å². The molecule has 1 fully saturated rings. The van der Waals surface area contributed by atoms with Gasteiger partial charge in [0.2, 0.25) is 0 Å². The molecule has 0 aliphatic carbocycles. The molecule has 0 unspecified atom stereocenters. The Labute approximate surface area is 130 Å². The van der Waals surface area contributed by atoms with E-state index in [1.807, 2.05) is 36.4 Å². The minimum atomic E-state index is -1.67. The highest BCUT2D eigenvalue weighted by molar-refractivity contribution is 5.90. The van der Waals surface area contributed by atoms with Crippen LogP contribution in [0.3, 0.4) is 0 Å². The summed E-state index contributed by atoms with van der Waals surface area (Å²) in [6, 6.07) is 18.2. The molecule has 114 valence electrons. The zero-order chi connectivity index (χ0) is 15.4. The zero-order valence-electron chi connectivity index (χ0n) is 12.3. The fourth-order valence-corrected chi connectivity index (χ4v) is 2.77. The number of hydrogen-bond acceptors (Lipinski definition) is 3. The number of aliphatic hydroxyl groups is 1. The third kappa shape index (κ3) is 2.63. The predicted octanol–water partition coefficient (Wildman–Crippen LogP) is 1.78. The van der Waals surface area contributed by atoms with E-state index < -0.39 is 5.60 Å². The Morgan fingerprint density at radius 2 is 1.36 bits per heavy atom. The van der Waals surface area contributed by atoms with Crippen molar-refractivity contribution in [1.82, 2.24) is 4.90 Å². The number of benzene rings is 2. The third-order valence-corrected chi connectivity index (χ3v) is 3.99. The Bertz CT molecular complexity index is 582. The molecule has 4 nitrogen and oxygen atoms in total. The fourth-order valence-electron chi connectivity index (χ4n) is 2.77. The lowest BCUT2D eigenvalue weighted by atomic mass is 9.85. The average Bonchev–Trinajstić information content (AvgIpc) is 2.62. The van der Waals surface area contributed by atoms with E-state index in [1.54, 1.807) is 29.2 Å². The summed E-state index contributed by atoms with van der Waals surface area (Å²) in [5.74, 6) is -0.298. The highest BCUT2D eigenvalue weighted by Gasteiger charge is 2.42. The highest BCUT2D eigenvalue weighted by atomic mass is 16.5. The number of carbonyl (C=O) groups is 1. The van der Waals surface area contributed by atoms with Crippen molar-refractivity contribution in [3.63, 3.8) is 0 Å². The van der Waals surface area contributed by atoms with Crippen molar-refractivity contribution in [3.8, 4) is 0 Å². The van der Waals surface area contributed by atoms with Crippen molar-refractivity contribution in [3.05, 3.63) is 71.8 Å². The van der Waals surface area contributed by atoms with Crippen LogP contribution in [-0.4, -0.2) is 42.2 Å². The van der Waals surface area contributed by atoms with E-state index in [4.69, 9.17) is 4.74 Å². The number of amides is 1. The van der Waals surface area contributed by atoms with Gasteiger partial charge in [0.15, 0.2) is 5.60 Å². The van der Waals surface area contributed by atoms with Gasteiger partial charge in [0.25, 0.3) is 5.91 Å². The molecule has 0 spiro atoms. The number of ether oxygens (including phenoxy) is 1. The minimum Gasteiger partial charge on any atom is -0.378 e. The van der Waals surface area contributed by atoms with Crippen LogP contribution in [0.25, 0.3) is 0 Å². The van der Waals surface area contributed by atoms with E-state index in [0.717, 1.165) is 0 Å². The second-order valence-corrected chi connectivity index (χ2v) is 5.35. The summed E-state index contributed by atoms with van der Waals surface area (Å²) in [6.07, 6.45) is 0. The zero-order valence-corrected chi connectivity index (χ0v) is 12.3. The van der Waals surface area contributed by atoms with Crippen LogP contribution >= 0.6 is 0 Å². The van der Waals surface area contributed by atoms with Crippen LogP contribution in [0, 0.1) is 0 Å². The highest BCUT2D eigenvalue weighted by Crippen LogP contribution is 2.32. The summed E-state index contributed by atoms with van der Waals surface area (Å²) in [7, 11) is 0. The molecule has 1 N–H and O–H groups in total. The second kappa shape index (κ2) is 6.30. The monoisotopic (exact) mass is 297 g/mol. The maximum absolute atomic E-state index is 13.0. The summed E-state index contributed by atoms with van der Waals surface area (Å²) >= 11 is 0. The van der Waals surface area contributed by atoms with Gasteiger partial charge in [-0.2, -0.15) is 0 Å². The molecule has 1 amide bonds. The molecule has 3 rings (SSSR count). The number of rotatable bonds is 3. The normalized spacial score (nSPS) is 15.6. The van der Waals surface area contributed by atoms with Gasteiger partial charge in [-0.3, -0.25) is 4.79 Å². The lowest BCUT2D eigenvalue weighted by Crippen LogP contribution is -2.51. The molecule has 1 aliphatic rings. The SMILES string of the molecule is O=C(N1CCOCC1)C(O)(c1ccccc1)c1ccccc1. The van der Waals surface area contributed by atoms with Gasteiger partial charge >= 0.3 is 0 Å². The smallest absolute Gasteiger partial charge is 0.264 e. The Morgan fingerprint density at radius 1 is 0.909 bits per heavy atom.